The molecule has 0 atom stereocenters. The summed E-state index contributed by atoms with van der Waals surface area (Å²) in [6.07, 6.45) is 0. The minimum absolute atomic E-state index is 0.130. The van der Waals surface area contributed by atoms with Crippen molar-refractivity contribution < 1.29 is 19.2 Å². The number of nitrogens with zero attached hydrogens (tertiary/aromatic N) is 4. The lowest BCUT2D eigenvalue weighted by Gasteiger charge is -2.20. The van der Waals surface area contributed by atoms with Gasteiger partial charge >= 0.3 is 11.7 Å². The molecule has 0 radical (unpaired) electrons. The van der Waals surface area contributed by atoms with Gasteiger partial charge in [-0.15, -0.1) is 0 Å². The van der Waals surface area contributed by atoms with Crippen LogP contribution in [0.3, 0.4) is 0 Å². The molecule has 0 bridgehead atoms. The smallest absolute Gasteiger partial charge is 0.328 e. The van der Waals surface area contributed by atoms with E-state index >= 15 is 0 Å². The number of carbonyl (C=O) groups excluding carboxylic acids is 2. The number of rotatable bonds is 7. The van der Waals surface area contributed by atoms with Gasteiger partial charge < -0.3 is 9.64 Å². The second kappa shape index (κ2) is 8.24. The minimum Gasteiger partial charge on any atom is -0.454 e. The largest absolute Gasteiger partial charge is 0.454 e. The number of ether oxygens (including phenoxy) is 1. The summed E-state index contributed by atoms with van der Waals surface area (Å²) in [7, 11) is 0. The summed E-state index contributed by atoms with van der Waals surface area (Å²) in [6, 6.07) is 9.05. The standard InChI is InChI=1S/C17H20N4O5/c1-4-19(14-8-6-5-7-9-14)15(22)11-26-16(23)10-20-13(3)17(21(24)25)12(2)18-20/h5-9H,4,10-11H2,1-3H3. The molecule has 0 spiro atoms. The number of nitro groups is 1. The molecule has 2 aromatic rings. The maximum Gasteiger partial charge on any atom is 0.328 e. The fourth-order valence-corrected chi connectivity index (χ4v) is 2.60. The molecule has 1 amide bonds. The van der Waals surface area contributed by atoms with Crippen molar-refractivity contribution in [3.8, 4) is 0 Å². The lowest BCUT2D eigenvalue weighted by atomic mass is 10.3. The Morgan fingerprint density at radius 2 is 1.92 bits per heavy atom. The van der Waals surface area contributed by atoms with Gasteiger partial charge in [0.05, 0.1) is 4.92 Å². The second-order valence-corrected chi connectivity index (χ2v) is 5.57. The van der Waals surface area contributed by atoms with Gasteiger partial charge in [0.25, 0.3) is 5.91 Å². The average Bonchev–Trinajstić information content (AvgIpc) is 2.88. The number of esters is 1. The highest BCUT2D eigenvalue weighted by Gasteiger charge is 2.23. The van der Waals surface area contributed by atoms with Crippen molar-refractivity contribution in [1.29, 1.82) is 0 Å². The summed E-state index contributed by atoms with van der Waals surface area (Å²) >= 11 is 0. The Hall–Kier alpha value is -3.23. The highest BCUT2D eigenvalue weighted by atomic mass is 16.6. The second-order valence-electron chi connectivity index (χ2n) is 5.57. The quantitative estimate of drug-likeness (QED) is 0.424. The van der Waals surface area contributed by atoms with Crippen molar-refractivity contribution in [3.05, 3.63) is 51.8 Å². The summed E-state index contributed by atoms with van der Waals surface area (Å²) in [5.41, 5.74) is 1.06. The van der Waals surface area contributed by atoms with Gasteiger partial charge in [0, 0.05) is 12.2 Å². The fraction of sp³-hybridized carbons (Fsp3) is 0.353. The minimum atomic E-state index is -0.692. The van der Waals surface area contributed by atoms with E-state index < -0.39 is 17.5 Å². The van der Waals surface area contributed by atoms with Crippen LogP contribution in [0.5, 0.6) is 0 Å². The Morgan fingerprint density at radius 3 is 2.46 bits per heavy atom. The first-order chi connectivity index (χ1) is 12.3. The Balaban J connectivity index is 1.97. The highest BCUT2D eigenvalue weighted by molar-refractivity contribution is 5.95. The number of anilines is 1. The molecule has 9 nitrogen and oxygen atoms in total. The van der Waals surface area contributed by atoms with Crippen molar-refractivity contribution in [2.24, 2.45) is 0 Å². The number of aryl methyl sites for hydroxylation is 1. The van der Waals surface area contributed by atoms with E-state index in [1.807, 2.05) is 25.1 Å². The molecular weight excluding hydrogens is 340 g/mol. The highest BCUT2D eigenvalue weighted by Crippen LogP contribution is 2.21. The van der Waals surface area contributed by atoms with Gasteiger partial charge in [-0.2, -0.15) is 5.10 Å². The van der Waals surface area contributed by atoms with E-state index in [-0.39, 0.29) is 29.5 Å². The molecule has 2 rings (SSSR count). The summed E-state index contributed by atoms with van der Waals surface area (Å²) in [4.78, 5) is 36.2. The van der Waals surface area contributed by atoms with Crippen LogP contribution in [-0.4, -0.2) is 39.7 Å². The molecule has 0 unspecified atom stereocenters. The first kappa shape index (κ1) is 19.1. The third kappa shape index (κ3) is 4.24. The molecule has 0 fully saturated rings. The van der Waals surface area contributed by atoms with Gasteiger partial charge in [-0.05, 0) is 32.9 Å². The van der Waals surface area contributed by atoms with E-state index in [1.54, 1.807) is 12.1 Å². The zero-order valence-electron chi connectivity index (χ0n) is 14.8. The van der Waals surface area contributed by atoms with Crippen LogP contribution in [0.15, 0.2) is 30.3 Å². The third-order valence-corrected chi connectivity index (χ3v) is 3.85. The van der Waals surface area contributed by atoms with Gasteiger partial charge in [0.1, 0.15) is 17.9 Å². The summed E-state index contributed by atoms with van der Waals surface area (Å²) in [5.74, 6) is -1.05. The number of para-hydroxylation sites is 1. The lowest BCUT2D eigenvalue weighted by Crippen LogP contribution is -2.35. The lowest BCUT2D eigenvalue weighted by molar-refractivity contribution is -0.386. The molecule has 0 saturated heterocycles. The molecule has 9 heteroatoms. The molecule has 0 saturated carbocycles. The van der Waals surface area contributed by atoms with Crippen molar-refractivity contribution >= 4 is 23.3 Å². The number of amides is 1. The van der Waals surface area contributed by atoms with Crippen LogP contribution in [0.25, 0.3) is 0 Å². The Bertz CT molecular complexity index is 816. The predicted octanol–water partition coefficient (Wildman–Crippen LogP) is 2.00. The fourth-order valence-electron chi connectivity index (χ4n) is 2.60. The number of hydrogen-bond acceptors (Lipinski definition) is 6. The van der Waals surface area contributed by atoms with Crippen molar-refractivity contribution in [3.63, 3.8) is 0 Å². The maximum absolute atomic E-state index is 12.3. The van der Waals surface area contributed by atoms with Crippen LogP contribution in [-0.2, 0) is 20.9 Å². The number of carbonyl (C=O) groups is 2. The first-order valence-corrected chi connectivity index (χ1v) is 8.04. The van der Waals surface area contributed by atoms with E-state index in [4.69, 9.17) is 4.74 Å². The number of benzene rings is 1. The van der Waals surface area contributed by atoms with Crippen LogP contribution in [0.1, 0.15) is 18.3 Å². The Labute approximate surface area is 150 Å². The number of aromatic nitrogens is 2. The van der Waals surface area contributed by atoms with Gasteiger partial charge in [0.2, 0.25) is 0 Å². The van der Waals surface area contributed by atoms with Gasteiger partial charge in [-0.3, -0.25) is 24.4 Å². The molecule has 26 heavy (non-hydrogen) atoms. The van der Waals surface area contributed by atoms with Crippen LogP contribution >= 0.6 is 0 Å². The van der Waals surface area contributed by atoms with Gasteiger partial charge in [-0.1, -0.05) is 18.2 Å². The summed E-state index contributed by atoms with van der Waals surface area (Å²) in [5, 5.41) is 15.0. The van der Waals surface area contributed by atoms with Crippen LogP contribution < -0.4 is 4.90 Å². The van der Waals surface area contributed by atoms with E-state index in [1.165, 1.54) is 23.4 Å². The zero-order valence-corrected chi connectivity index (χ0v) is 14.8. The SMILES string of the molecule is CCN(C(=O)COC(=O)Cn1nc(C)c([N+](=O)[O-])c1C)c1ccccc1. The topological polar surface area (TPSA) is 108 Å². The van der Waals surface area contributed by atoms with E-state index in [2.05, 4.69) is 5.10 Å². The number of likely N-dealkylation sites (N-methyl/N-ethyl adjacent to an activating group) is 1. The molecule has 0 aliphatic heterocycles. The molecule has 1 aromatic heterocycles. The summed E-state index contributed by atoms with van der Waals surface area (Å²) < 4.78 is 6.22. The third-order valence-electron chi connectivity index (χ3n) is 3.85. The Kier molecular flexibility index (Phi) is 6.05. The van der Waals surface area contributed by atoms with E-state index in [9.17, 15) is 19.7 Å². The molecule has 0 N–H and O–H groups in total. The molecular formula is C17H20N4O5. The number of hydrogen-bond donors (Lipinski definition) is 0. The Morgan fingerprint density at radius 1 is 1.27 bits per heavy atom. The first-order valence-electron chi connectivity index (χ1n) is 8.04. The molecule has 1 heterocycles. The molecule has 138 valence electrons. The van der Waals surface area contributed by atoms with Gasteiger partial charge in [-0.25, -0.2) is 0 Å². The van der Waals surface area contributed by atoms with E-state index in [0.29, 0.717) is 12.2 Å². The summed E-state index contributed by atoms with van der Waals surface area (Å²) in [6.45, 7) is 4.54. The molecule has 0 aliphatic rings. The van der Waals surface area contributed by atoms with E-state index in [0.717, 1.165) is 0 Å². The maximum atomic E-state index is 12.3. The van der Waals surface area contributed by atoms with Crippen molar-refractivity contribution in [2.75, 3.05) is 18.1 Å². The van der Waals surface area contributed by atoms with Crippen LogP contribution in [0.2, 0.25) is 0 Å². The van der Waals surface area contributed by atoms with Crippen molar-refractivity contribution in [2.45, 2.75) is 27.3 Å². The van der Waals surface area contributed by atoms with Crippen molar-refractivity contribution in [1.82, 2.24) is 9.78 Å². The molecule has 1 aromatic carbocycles. The monoisotopic (exact) mass is 360 g/mol. The molecule has 0 aliphatic carbocycles. The zero-order chi connectivity index (χ0) is 19.3. The predicted molar refractivity (Wildman–Crippen MR) is 93.8 cm³/mol. The normalized spacial score (nSPS) is 10.4. The average molecular weight is 360 g/mol. The van der Waals surface area contributed by atoms with Crippen LogP contribution in [0.4, 0.5) is 11.4 Å². The van der Waals surface area contributed by atoms with Crippen LogP contribution in [0, 0.1) is 24.0 Å². The van der Waals surface area contributed by atoms with Gasteiger partial charge in [0.15, 0.2) is 6.61 Å².